The Morgan fingerprint density at radius 3 is 2.46 bits per heavy atom. The second-order valence-corrected chi connectivity index (χ2v) is 6.77. The maximum absolute atomic E-state index is 12.9. The molecule has 2 heterocycles. The van der Waals surface area contributed by atoms with Crippen LogP contribution >= 0.6 is 0 Å². The van der Waals surface area contributed by atoms with E-state index in [0.717, 1.165) is 22.4 Å². The van der Waals surface area contributed by atoms with Crippen LogP contribution < -0.4 is 10.3 Å². The van der Waals surface area contributed by atoms with Gasteiger partial charge in [0.1, 0.15) is 11.3 Å². The number of hydrogen-bond donors (Lipinski definition) is 1. The Morgan fingerprint density at radius 2 is 1.79 bits per heavy atom. The molecule has 0 aliphatic heterocycles. The summed E-state index contributed by atoms with van der Waals surface area (Å²) in [6, 6.07) is 16.9. The van der Waals surface area contributed by atoms with Crippen molar-refractivity contribution in [2.45, 2.75) is 19.6 Å². The van der Waals surface area contributed by atoms with Crippen LogP contribution in [0.4, 0.5) is 0 Å². The van der Waals surface area contributed by atoms with Crippen LogP contribution in [0, 0.1) is 6.92 Å². The van der Waals surface area contributed by atoms with Crippen molar-refractivity contribution in [1.82, 2.24) is 14.2 Å². The predicted molar refractivity (Wildman–Crippen MR) is 108 cm³/mol. The van der Waals surface area contributed by atoms with Gasteiger partial charge in [-0.3, -0.25) is 4.79 Å². The molecule has 1 N–H and O–H groups in total. The van der Waals surface area contributed by atoms with Gasteiger partial charge in [-0.05, 0) is 42.8 Å². The average Bonchev–Trinajstić information content (AvgIpc) is 3.16. The molecule has 2 aromatic carbocycles. The molecule has 0 spiro atoms. The number of methoxy groups -OCH3 is 1. The molecule has 0 bridgehead atoms. The summed E-state index contributed by atoms with van der Waals surface area (Å²) in [5.74, 6) is 0.764. The number of fused-ring (bicyclic) bond motifs is 1. The molecule has 2 aromatic heterocycles. The minimum absolute atomic E-state index is 0.182. The maximum atomic E-state index is 12.9. The van der Waals surface area contributed by atoms with Crippen LogP contribution in [0.2, 0.25) is 0 Å². The first kappa shape index (κ1) is 18.0. The summed E-state index contributed by atoms with van der Waals surface area (Å²) in [5, 5.41) is 15.0. The first-order valence-electron chi connectivity index (χ1n) is 9.03. The van der Waals surface area contributed by atoms with Crippen LogP contribution in [0.3, 0.4) is 0 Å². The molecule has 6 nitrogen and oxygen atoms in total. The van der Waals surface area contributed by atoms with Crippen LogP contribution in [0.5, 0.6) is 5.75 Å². The lowest BCUT2D eigenvalue weighted by Gasteiger charge is -2.13. The third-order valence-electron chi connectivity index (χ3n) is 4.82. The van der Waals surface area contributed by atoms with Crippen molar-refractivity contribution >= 4 is 5.52 Å². The number of rotatable bonds is 5. The van der Waals surface area contributed by atoms with Gasteiger partial charge in [0.25, 0.3) is 5.56 Å². The molecule has 0 amide bonds. The van der Waals surface area contributed by atoms with Gasteiger partial charge < -0.3 is 14.4 Å². The largest absolute Gasteiger partial charge is 0.497 e. The molecular weight excluding hydrogens is 354 g/mol. The predicted octanol–water partition coefficient (Wildman–Crippen LogP) is 3.21. The van der Waals surface area contributed by atoms with Crippen LogP contribution in [-0.2, 0) is 6.54 Å². The van der Waals surface area contributed by atoms with Gasteiger partial charge in [-0.2, -0.15) is 5.10 Å². The fourth-order valence-electron chi connectivity index (χ4n) is 3.15. The number of benzene rings is 2. The average molecular weight is 375 g/mol. The van der Waals surface area contributed by atoms with Gasteiger partial charge in [0, 0.05) is 18.0 Å². The number of ether oxygens (including phenoxy) is 1. The molecule has 1 atom stereocenters. The van der Waals surface area contributed by atoms with Crippen molar-refractivity contribution in [3.05, 3.63) is 88.5 Å². The van der Waals surface area contributed by atoms with Gasteiger partial charge in [0.05, 0.1) is 25.5 Å². The minimum Gasteiger partial charge on any atom is -0.497 e. The van der Waals surface area contributed by atoms with E-state index in [2.05, 4.69) is 5.10 Å². The Balaban J connectivity index is 1.64. The fraction of sp³-hybridized carbons (Fsp3) is 0.182. The molecule has 0 aliphatic carbocycles. The summed E-state index contributed by atoms with van der Waals surface area (Å²) >= 11 is 0. The smallest absolute Gasteiger partial charge is 0.276 e. The summed E-state index contributed by atoms with van der Waals surface area (Å²) in [4.78, 5) is 12.9. The van der Waals surface area contributed by atoms with Crippen molar-refractivity contribution < 1.29 is 9.84 Å². The zero-order valence-corrected chi connectivity index (χ0v) is 15.7. The van der Waals surface area contributed by atoms with Gasteiger partial charge in [-0.15, -0.1) is 0 Å². The Hall–Kier alpha value is -3.38. The highest BCUT2D eigenvalue weighted by molar-refractivity contribution is 5.66. The SMILES string of the molecule is COc1ccc(-c2cc3c(=O)n(C[C@H](O)c4ccc(C)cc4)ccn3n2)cc1. The summed E-state index contributed by atoms with van der Waals surface area (Å²) in [5.41, 5.74) is 3.78. The molecule has 6 heteroatoms. The van der Waals surface area contributed by atoms with Crippen molar-refractivity contribution in [3.8, 4) is 17.0 Å². The van der Waals surface area contributed by atoms with E-state index < -0.39 is 6.10 Å². The standard InChI is InChI=1S/C22H21N3O3/c1-15-3-5-17(6-4-15)21(26)14-24-11-12-25-20(22(24)27)13-19(23-25)16-7-9-18(28-2)10-8-16/h3-13,21,26H,14H2,1-2H3/t21-/m0/s1. The molecule has 0 aliphatic rings. The molecule has 0 saturated carbocycles. The zero-order valence-electron chi connectivity index (χ0n) is 15.7. The molecule has 0 radical (unpaired) electrons. The van der Waals surface area contributed by atoms with Gasteiger partial charge in [0.15, 0.2) is 0 Å². The Labute approximate surface area is 162 Å². The van der Waals surface area contributed by atoms with E-state index in [4.69, 9.17) is 4.74 Å². The van der Waals surface area contributed by atoms with Crippen molar-refractivity contribution in [3.63, 3.8) is 0 Å². The lowest BCUT2D eigenvalue weighted by molar-refractivity contribution is 0.155. The second kappa shape index (κ2) is 7.32. The van der Waals surface area contributed by atoms with E-state index in [9.17, 15) is 9.90 Å². The molecular formula is C22H21N3O3. The fourth-order valence-corrected chi connectivity index (χ4v) is 3.15. The number of nitrogens with zero attached hydrogens (tertiary/aromatic N) is 3. The first-order valence-corrected chi connectivity index (χ1v) is 9.03. The summed E-state index contributed by atoms with van der Waals surface area (Å²) in [6.07, 6.45) is 2.62. The second-order valence-electron chi connectivity index (χ2n) is 6.77. The zero-order chi connectivity index (χ0) is 19.7. The number of aromatic nitrogens is 3. The van der Waals surface area contributed by atoms with Crippen LogP contribution in [0.15, 0.2) is 71.8 Å². The lowest BCUT2D eigenvalue weighted by atomic mass is 10.1. The highest BCUT2D eigenvalue weighted by atomic mass is 16.5. The molecule has 4 rings (SSSR count). The third-order valence-corrected chi connectivity index (χ3v) is 4.82. The molecule has 0 unspecified atom stereocenters. The van der Waals surface area contributed by atoms with Crippen LogP contribution in [-0.4, -0.2) is 26.4 Å². The topological polar surface area (TPSA) is 68.8 Å². The molecule has 0 saturated heterocycles. The Morgan fingerprint density at radius 1 is 1.07 bits per heavy atom. The van der Waals surface area contributed by atoms with E-state index >= 15 is 0 Å². The van der Waals surface area contributed by atoms with Gasteiger partial charge >= 0.3 is 0 Å². The van der Waals surface area contributed by atoms with Gasteiger partial charge in [-0.25, -0.2) is 4.52 Å². The quantitative estimate of drug-likeness (QED) is 0.582. The summed E-state index contributed by atoms with van der Waals surface area (Å²) in [6.45, 7) is 2.18. The Bertz CT molecular complexity index is 1160. The Kier molecular flexibility index (Phi) is 4.71. The number of aryl methyl sites for hydroxylation is 1. The molecule has 4 aromatic rings. The first-order chi connectivity index (χ1) is 13.5. The lowest BCUT2D eigenvalue weighted by Crippen LogP contribution is -2.24. The number of aliphatic hydroxyl groups is 1. The van der Waals surface area contributed by atoms with Crippen LogP contribution in [0.1, 0.15) is 17.2 Å². The van der Waals surface area contributed by atoms with E-state index in [1.54, 1.807) is 30.1 Å². The van der Waals surface area contributed by atoms with Gasteiger partial charge in [-0.1, -0.05) is 29.8 Å². The highest BCUT2D eigenvalue weighted by Crippen LogP contribution is 2.22. The monoisotopic (exact) mass is 375 g/mol. The highest BCUT2D eigenvalue weighted by Gasteiger charge is 2.13. The minimum atomic E-state index is -0.760. The summed E-state index contributed by atoms with van der Waals surface area (Å²) in [7, 11) is 1.62. The molecule has 0 fully saturated rings. The normalized spacial score (nSPS) is 12.2. The van der Waals surface area contributed by atoms with E-state index in [1.165, 1.54) is 4.57 Å². The van der Waals surface area contributed by atoms with Crippen molar-refractivity contribution in [2.75, 3.05) is 7.11 Å². The number of hydrogen-bond acceptors (Lipinski definition) is 4. The molecule has 28 heavy (non-hydrogen) atoms. The van der Waals surface area contributed by atoms with Crippen LogP contribution in [0.25, 0.3) is 16.8 Å². The summed E-state index contributed by atoms with van der Waals surface area (Å²) < 4.78 is 8.26. The van der Waals surface area contributed by atoms with E-state index in [0.29, 0.717) is 11.2 Å². The van der Waals surface area contributed by atoms with Crippen molar-refractivity contribution in [1.29, 1.82) is 0 Å². The van der Waals surface area contributed by atoms with E-state index in [-0.39, 0.29) is 12.1 Å². The van der Waals surface area contributed by atoms with Gasteiger partial charge in [0.2, 0.25) is 0 Å². The number of aliphatic hydroxyl groups excluding tert-OH is 1. The maximum Gasteiger partial charge on any atom is 0.276 e. The third kappa shape index (κ3) is 3.42. The van der Waals surface area contributed by atoms with E-state index in [1.807, 2.05) is 55.5 Å². The molecule has 142 valence electrons. The van der Waals surface area contributed by atoms with Crippen molar-refractivity contribution in [2.24, 2.45) is 0 Å².